The van der Waals surface area contributed by atoms with E-state index in [0.29, 0.717) is 0 Å². The Labute approximate surface area is 80.2 Å². The molecule has 1 N–H and O–H groups in total. The number of nitrogens with one attached hydrogen (secondary N) is 1. The van der Waals surface area contributed by atoms with E-state index in [4.69, 9.17) is 0 Å². The zero-order chi connectivity index (χ0) is 10.6. The van der Waals surface area contributed by atoms with Crippen molar-refractivity contribution >= 4 is 11.6 Å². The van der Waals surface area contributed by atoms with E-state index < -0.39 is 17.5 Å². The summed E-state index contributed by atoms with van der Waals surface area (Å²) in [4.78, 5) is 11.0. The van der Waals surface area contributed by atoms with E-state index in [2.05, 4.69) is 5.32 Å². The third kappa shape index (κ3) is 2.65. The van der Waals surface area contributed by atoms with Crippen LogP contribution in [0.15, 0.2) is 30.4 Å². The Morgan fingerprint density at radius 1 is 1.43 bits per heavy atom. The lowest BCUT2D eigenvalue weighted by atomic mass is 10.3. The fourth-order valence-electron chi connectivity index (χ4n) is 0.919. The number of carbonyl (C=O) groups is 1. The number of anilines is 1. The highest BCUT2D eigenvalue weighted by molar-refractivity contribution is 5.99. The molecular weight excluding hydrogens is 188 g/mol. The topological polar surface area (TPSA) is 29.1 Å². The van der Waals surface area contributed by atoms with Gasteiger partial charge in [-0.3, -0.25) is 4.79 Å². The van der Waals surface area contributed by atoms with E-state index >= 15 is 0 Å². The first kappa shape index (κ1) is 10.4. The fourth-order valence-corrected chi connectivity index (χ4v) is 0.919. The van der Waals surface area contributed by atoms with Crippen LogP contribution in [0, 0.1) is 11.6 Å². The lowest BCUT2D eigenvalue weighted by Crippen LogP contribution is -2.09. The second kappa shape index (κ2) is 4.50. The summed E-state index contributed by atoms with van der Waals surface area (Å²) < 4.78 is 25.6. The van der Waals surface area contributed by atoms with Crippen molar-refractivity contribution < 1.29 is 13.6 Å². The average molecular weight is 197 g/mol. The van der Waals surface area contributed by atoms with Gasteiger partial charge in [0.2, 0.25) is 5.91 Å². The normalized spacial score (nSPS) is 10.5. The minimum absolute atomic E-state index is 0.159. The highest BCUT2D eigenvalue weighted by atomic mass is 19.1. The zero-order valence-corrected chi connectivity index (χ0v) is 7.55. The standard InChI is InChI=1S/C10H9F2NO/c1-2-3-10(14)13-9-6-7(11)4-5-8(9)12/h2-6H,1H3,(H,13,14). The molecule has 14 heavy (non-hydrogen) atoms. The van der Waals surface area contributed by atoms with Crippen molar-refractivity contribution in [2.45, 2.75) is 6.92 Å². The molecule has 2 nitrogen and oxygen atoms in total. The first-order valence-corrected chi connectivity index (χ1v) is 4.02. The summed E-state index contributed by atoms with van der Waals surface area (Å²) in [6, 6.07) is 2.87. The Bertz CT molecular complexity index is 374. The molecule has 0 aromatic heterocycles. The minimum atomic E-state index is -0.663. The van der Waals surface area contributed by atoms with E-state index in [-0.39, 0.29) is 5.69 Å². The monoisotopic (exact) mass is 197 g/mol. The summed E-state index contributed by atoms with van der Waals surface area (Å²) in [5, 5.41) is 2.21. The molecule has 1 amide bonds. The summed E-state index contributed by atoms with van der Waals surface area (Å²) in [6.45, 7) is 1.65. The number of amides is 1. The van der Waals surface area contributed by atoms with Gasteiger partial charge >= 0.3 is 0 Å². The molecule has 0 aliphatic carbocycles. The first-order valence-electron chi connectivity index (χ1n) is 4.02. The lowest BCUT2D eigenvalue weighted by Gasteiger charge is -2.03. The molecule has 1 aromatic carbocycles. The van der Waals surface area contributed by atoms with Crippen LogP contribution in [0.25, 0.3) is 0 Å². The van der Waals surface area contributed by atoms with Crippen LogP contribution in [0.2, 0.25) is 0 Å². The van der Waals surface area contributed by atoms with Gasteiger partial charge in [-0.05, 0) is 25.1 Å². The smallest absolute Gasteiger partial charge is 0.248 e. The Hall–Kier alpha value is -1.71. The quantitative estimate of drug-likeness (QED) is 0.725. The highest BCUT2D eigenvalue weighted by Crippen LogP contribution is 2.14. The maximum absolute atomic E-state index is 13.0. The van der Waals surface area contributed by atoms with Crippen molar-refractivity contribution in [1.29, 1.82) is 0 Å². The summed E-state index contributed by atoms with van der Waals surface area (Å²) in [7, 11) is 0. The third-order valence-corrected chi connectivity index (χ3v) is 1.50. The SMILES string of the molecule is CC=CC(=O)Nc1cc(F)ccc1F. The molecule has 0 aliphatic heterocycles. The molecule has 1 aromatic rings. The third-order valence-electron chi connectivity index (χ3n) is 1.50. The largest absolute Gasteiger partial charge is 0.320 e. The predicted molar refractivity (Wildman–Crippen MR) is 49.8 cm³/mol. The molecule has 0 bridgehead atoms. The van der Waals surface area contributed by atoms with Crippen LogP contribution >= 0.6 is 0 Å². The molecule has 4 heteroatoms. The van der Waals surface area contributed by atoms with Crippen LogP contribution in [-0.4, -0.2) is 5.91 Å². The second-order valence-corrected chi connectivity index (χ2v) is 2.61. The fraction of sp³-hybridized carbons (Fsp3) is 0.100. The van der Waals surface area contributed by atoms with Crippen LogP contribution in [0.5, 0.6) is 0 Å². The van der Waals surface area contributed by atoms with Crippen molar-refractivity contribution in [3.05, 3.63) is 42.0 Å². The molecule has 0 radical (unpaired) electrons. The molecule has 0 aliphatic rings. The maximum Gasteiger partial charge on any atom is 0.248 e. The van der Waals surface area contributed by atoms with Crippen LogP contribution in [0.3, 0.4) is 0 Å². The van der Waals surface area contributed by atoms with E-state index in [1.165, 1.54) is 12.2 Å². The molecule has 0 atom stereocenters. The van der Waals surface area contributed by atoms with E-state index in [9.17, 15) is 13.6 Å². The average Bonchev–Trinajstić information content (AvgIpc) is 2.12. The van der Waals surface area contributed by atoms with Crippen LogP contribution in [0.1, 0.15) is 6.92 Å². The summed E-state index contributed by atoms with van der Waals surface area (Å²) >= 11 is 0. The zero-order valence-electron chi connectivity index (χ0n) is 7.55. The van der Waals surface area contributed by atoms with Crippen LogP contribution in [-0.2, 0) is 4.79 Å². The number of benzene rings is 1. The molecule has 0 unspecified atom stereocenters. The Morgan fingerprint density at radius 3 is 2.79 bits per heavy atom. The number of hydrogen-bond donors (Lipinski definition) is 1. The first-order chi connectivity index (χ1) is 6.63. The van der Waals surface area contributed by atoms with Gasteiger partial charge < -0.3 is 5.32 Å². The molecule has 0 spiro atoms. The van der Waals surface area contributed by atoms with Crippen molar-refractivity contribution in [2.75, 3.05) is 5.32 Å². The lowest BCUT2D eigenvalue weighted by molar-refractivity contribution is -0.111. The van der Waals surface area contributed by atoms with Crippen molar-refractivity contribution in [3.63, 3.8) is 0 Å². The summed E-state index contributed by atoms with van der Waals surface area (Å²) in [6.07, 6.45) is 2.73. The highest BCUT2D eigenvalue weighted by Gasteiger charge is 2.05. The van der Waals surface area contributed by atoms with Crippen molar-refractivity contribution in [2.24, 2.45) is 0 Å². The van der Waals surface area contributed by atoms with E-state index in [1.807, 2.05) is 0 Å². The van der Waals surface area contributed by atoms with E-state index in [1.54, 1.807) is 6.92 Å². The Balaban J connectivity index is 2.85. The number of halogens is 2. The number of hydrogen-bond acceptors (Lipinski definition) is 1. The molecule has 1 rings (SSSR count). The summed E-state index contributed by atoms with van der Waals surface area (Å²) in [5.74, 6) is -1.75. The molecule has 0 saturated heterocycles. The second-order valence-electron chi connectivity index (χ2n) is 2.61. The van der Waals surface area contributed by atoms with Crippen molar-refractivity contribution in [1.82, 2.24) is 0 Å². The van der Waals surface area contributed by atoms with Gasteiger partial charge in [0.1, 0.15) is 11.6 Å². The van der Waals surface area contributed by atoms with Gasteiger partial charge in [0.15, 0.2) is 0 Å². The number of rotatable bonds is 2. The van der Waals surface area contributed by atoms with Crippen molar-refractivity contribution in [3.8, 4) is 0 Å². The molecule has 74 valence electrons. The van der Waals surface area contributed by atoms with Crippen LogP contribution in [0.4, 0.5) is 14.5 Å². The predicted octanol–water partition coefficient (Wildman–Crippen LogP) is 2.48. The van der Waals surface area contributed by atoms with Gasteiger partial charge in [-0.15, -0.1) is 0 Å². The number of carbonyl (C=O) groups excluding carboxylic acids is 1. The maximum atomic E-state index is 13.0. The van der Waals surface area contributed by atoms with Gasteiger partial charge in [0.25, 0.3) is 0 Å². The Kier molecular flexibility index (Phi) is 3.34. The molecular formula is C10H9F2NO. The number of allylic oxidation sites excluding steroid dienone is 1. The van der Waals surface area contributed by atoms with Gasteiger partial charge in [-0.25, -0.2) is 8.78 Å². The van der Waals surface area contributed by atoms with E-state index in [0.717, 1.165) is 18.2 Å². The Morgan fingerprint density at radius 2 is 2.14 bits per heavy atom. The molecule has 0 fully saturated rings. The van der Waals surface area contributed by atoms with Gasteiger partial charge in [-0.1, -0.05) is 6.08 Å². The van der Waals surface area contributed by atoms with Gasteiger partial charge in [0.05, 0.1) is 5.69 Å². The van der Waals surface area contributed by atoms with Gasteiger partial charge in [-0.2, -0.15) is 0 Å². The minimum Gasteiger partial charge on any atom is -0.320 e. The van der Waals surface area contributed by atoms with Gasteiger partial charge in [0, 0.05) is 6.07 Å². The molecule has 0 heterocycles. The molecule has 0 saturated carbocycles. The summed E-state index contributed by atoms with van der Waals surface area (Å²) in [5.41, 5.74) is -0.159. The van der Waals surface area contributed by atoms with Crippen LogP contribution < -0.4 is 5.32 Å².